The van der Waals surface area contributed by atoms with Gasteiger partial charge in [-0.3, -0.25) is 9.59 Å². The molecule has 0 spiro atoms. The predicted molar refractivity (Wildman–Crippen MR) is 49.5 cm³/mol. The van der Waals surface area contributed by atoms with Crippen LogP contribution >= 0.6 is 0 Å². The van der Waals surface area contributed by atoms with Crippen molar-refractivity contribution < 1.29 is 14.0 Å². The smallest absolute Gasteiger partial charge is 0.207 e. The van der Waals surface area contributed by atoms with Gasteiger partial charge in [0.05, 0.1) is 6.54 Å². The third-order valence-electron chi connectivity index (χ3n) is 1.83. The molecule has 0 aliphatic rings. The summed E-state index contributed by atoms with van der Waals surface area (Å²) in [6.07, 6.45) is 0.453. The molecule has 0 aliphatic heterocycles. The van der Waals surface area contributed by atoms with Gasteiger partial charge in [-0.05, 0) is 30.7 Å². The number of rotatable bonds is 4. The summed E-state index contributed by atoms with van der Waals surface area (Å²) in [4.78, 5) is 21.3. The molecular weight excluding hydrogens is 185 g/mol. The van der Waals surface area contributed by atoms with Gasteiger partial charge in [-0.15, -0.1) is 0 Å². The summed E-state index contributed by atoms with van der Waals surface area (Å²) in [6.45, 7) is 1.52. The minimum absolute atomic E-state index is 0.0609. The molecule has 0 radical (unpaired) electrons. The Morgan fingerprint density at radius 3 is 2.86 bits per heavy atom. The number of amides is 1. The van der Waals surface area contributed by atoms with E-state index < -0.39 is 0 Å². The highest BCUT2D eigenvalue weighted by atomic mass is 19.1. The van der Waals surface area contributed by atoms with E-state index in [4.69, 9.17) is 0 Å². The van der Waals surface area contributed by atoms with Crippen LogP contribution in [0.1, 0.15) is 15.9 Å². The standard InChI is InChI=1S/C10H10FNO2/c1-7-4-8(2-3-9(7)11)10(14)5-12-6-13/h2-4,6H,5H2,1H3,(H,12,13). The number of hydrogen-bond acceptors (Lipinski definition) is 2. The van der Waals surface area contributed by atoms with Crippen LogP contribution in [0.5, 0.6) is 0 Å². The van der Waals surface area contributed by atoms with Crippen molar-refractivity contribution in [3.63, 3.8) is 0 Å². The van der Waals surface area contributed by atoms with Gasteiger partial charge in [0, 0.05) is 5.56 Å². The lowest BCUT2D eigenvalue weighted by atomic mass is 10.1. The lowest BCUT2D eigenvalue weighted by Gasteiger charge is -2.01. The van der Waals surface area contributed by atoms with Crippen LogP contribution in [0.25, 0.3) is 0 Å². The molecule has 0 atom stereocenters. The molecule has 1 aromatic rings. The summed E-state index contributed by atoms with van der Waals surface area (Å²) in [5.41, 5.74) is 0.820. The van der Waals surface area contributed by atoms with Gasteiger partial charge in [-0.1, -0.05) is 0 Å². The Hall–Kier alpha value is -1.71. The number of halogens is 1. The van der Waals surface area contributed by atoms with Crippen LogP contribution < -0.4 is 5.32 Å². The van der Waals surface area contributed by atoms with Gasteiger partial charge in [0.15, 0.2) is 5.78 Å². The number of carbonyl (C=O) groups is 2. The summed E-state index contributed by atoms with van der Waals surface area (Å²) < 4.78 is 12.8. The number of carbonyl (C=O) groups excluding carboxylic acids is 2. The van der Waals surface area contributed by atoms with Crippen molar-refractivity contribution in [1.29, 1.82) is 0 Å². The Balaban J connectivity index is 2.80. The van der Waals surface area contributed by atoms with Crippen molar-refractivity contribution in [1.82, 2.24) is 5.32 Å². The number of ketones is 1. The lowest BCUT2D eigenvalue weighted by Crippen LogP contribution is -2.21. The largest absolute Gasteiger partial charge is 0.351 e. The van der Waals surface area contributed by atoms with Gasteiger partial charge in [-0.25, -0.2) is 4.39 Å². The Labute approximate surface area is 80.9 Å². The second-order valence-electron chi connectivity index (χ2n) is 2.89. The van der Waals surface area contributed by atoms with Crippen LogP contribution in [0, 0.1) is 12.7 Å². The summed E-state index contributed by atoms with van der Waals surface area (Å²) in [5.74, 6) is -0.579. The first-order chi connectivity index (χ1) is 6.65. The molecule has 4 heteroatoms. The quantitative estimate of drug-likeness (QED) is 0.576. The Morgan fingerprint density at radius 2 is 2.29 bits per heavy atom. The average Bonchev–Trinajstić information content (AvgIpc) is 2.18. The highest BCUT2D eigenvalue weighted by Gasteiger charge is 2.06. The second-order valence-corrected chi connectivity index (χ2v) is 2.89. The fourth-order valence-corrected chi connectivity index (χ4v) is 1.05. The molecule has 0 heterocycles. The molecule has 0 bridgehead atoms. The van der Waals surface area contributed by atoms with Crippen LogP contribution in [0.3, 0.4) is 0 Å². The Bertz CT molecular complexity index is 363. The van der Waals surface area contributed by atoms with Gasteiger partial charge in [0.1, 0.15) is 5.82 Å². The number of nitrogens with one attached hydrogen (secondary N) is 1. The Kier molecular flexibility index (Phi) is 3.34. The maximum atomic E-state index is 12.8. The van der Waals surface area contributed by atoms with Crippen molar-refractivity contribution in [3.05, 3.63) is 35.1 Å². The van der Waals surface area contributed by atoms with Crippen LogP contribution in [-0.4, -0.2) is 18.7 Å². The molecule has 0 aromatic heterocycles. The van der Waals surface area contributed by atoms with E-state index in [2.05, 4.69) is 5.32 Å². The highest BCUT2D eigenvalue weighted by Crippen LogP contribution is 2.09. The highest BCUT2D eigenvalue weighted by molar-refractivity contribution is 5.98. The third-order valence-corrected chi connectivity index (χ3v) is 1.83. The maximum absolute atomic E-state index is 12.8. The van der Waals surface area contributed by atoms with Crippen LogP contribution in [0.15, 0.2) is 18.2 Å². The molecule has 74 valence electrons. The third kappa shape index (κ3) is 2.39. The van der Waals surface area contributed by atoms with Crippen molar-refractivity contribution in [3.8, 4) is 0 Å². The fraction of sp³-hybridized carbons (Fsp3) is 0.200. The van der Waals surface area contributed by atoms with Crippen molar-refractivity contribution in [2.24, 2.45) is 0 Å². The average molecular weight is 195 g/mol. The number of aryl methyl sites for hydroxylation is 1. The number of Topliss-reactive ketones (excluding diaryl/α,β-unsaturated/α-hetero) is 1. The molecule has 1 rings (SSSR count). The van der Waals surface area contributed by atoms with E-state index >= 15 is 0 Å². The first-order valence-electron chi connectivity index (χ1n) is 4.11. The molecule has 1 N–H and O–H groups in total. The molecule has 0 saturated heterocycles. The molecule has 0 unspecified atom stereocenters. The SMILES string of the molecule is Cc1cc(C(=O)CNC=O)ccc1F. The van der Waals surface area contributed by atoms with Gasteiger partial charge in [-0.2, -0.15) is 0 Å². The topological polar surface area (TPSA) is 46.2 Å². The second kappa shape index (κ2) is 4.50. The van der Waals surface area contributed by atoms with Gasteiger partial charge in [0.25, 0.3) is 0 Å². The maximum Gasteiger partial charge on any atom is 0.207 e. The first kappa shape index (κ1) is 10.4. The van der Waals surface area contributed by atoms with Crippen LogP contribution in [-0.2, 0) is 4.79 Å². The zero-order valence-electron chi connectivity index (χ0n) is 7.71. The van der Waals surface area contributed by atoms with Crippen molar-refractivity contribution in [2.75, 3.05) is 6.54 Å². The minimum atomic E-state index is -0.343. The van der Waals surface area contributed by atoms with E-state index in [1.54, 1.807) is 6.92 Å². The van der Waals surface area contributed by atoms with E-state index in [9.17, 15) is 14.0 Å². The molecule has 1 amide bonds. The molecule has 0 aliphatic carbocycles. The van der Waals surface area contributed by atoms with E-state index in [0.717, 1.165) is 0 Å². The molecule has 1 aromatic carbocycles. The minimum Gasteiger partial charge on any atom is -0.351 e. The predicted octanol–water partition coefficient (Wildman–Crippen LogP) is 1.06. The Morgan fingerprint density at radius 1 is 1.57 bits per heavy atom. The van der Waals surface area contributed by atoms with Crippen LogP contribution in [0.4, 0.5) is 4.39 Å². The first-order valence-corrected chi connectivity index (χ1v) is 4.11. The molecule has 0 fully saturated rings. The van der Waals surface area contributed by atoms with E-state index in [0.29, 0.717) is 17.5 Å². The monoisotopic (exact) mass is 195 g/mol. The molecule has 14 heavy (non-hydrogen) atoms. The molecular formula is C10H10FNO2. The van der Waals surface area contributed by atoms with E-state index in [-0.39, 0.29) is 18.1 Å². The summed E-state index contributed by atoms with van der Waals surface area (Å²) >= 11 is 0. The summed E-state index contributed by atoms with van der Waals surface area (Å²) in [5, 5.41) is 2.26. The van der Waals surface area contributed by atoms with Crippen molar-refractivity contribution in [2.45, 2.75) is 6.92 Å². The summed E-state index contributed by atoms with van der Waals surface area (Å²) in [7, 11) is 0. The fourth-order valence-electron chi connectivity index (χ4n) is 1.05. The lowest BCUT2D eigenvalue weighted by molar-refractivity contribution is -0.109. The van der Waals surface area contributed by atoms with Crippen molar-refractivity contribution >= 4 is 12.2 Å². The summed E-state index contributed by atoms with van der Waals surface area (Å²) in [6, 6.07) is 4.10. The van der Waals surface area contributed by atoms with Gasteiger partial charge >= 0.3 is 0 Å². The van der Waals surface area contributed by atoms with E-state index in [1.165, 1.54) is 18.2 Å². The zero-order chi connectivity index (χ0) is 10.6. The normalized spacial score (nSPS) is 9.57. The van der Waals surface area contributed by atoms with E-state index in [1.807, 2.05) is 0 Å². The van der Waals surface area contributed by atoms with Crippen LogP contribution in [0.2, 0.25) is 0 Å². The zero-order valence-corrected chi connectivity index (χ0v) is 7.71. The molecule has 3 nitrogen and oxygen atoms in total. The molecule has 0 saturated carbocycles. The van der Waals surface area contributed by atoms with Gasteiger partial charge < -0.3 is 5.32 Å². The van der Waals surface area contributed by atoms with Gasteiger partial charge in [0.2, 0.25) is 6.41 Å². The number of hydrogen-bond donors (Lipinski definition) is 1. The number of benzene rings is 1.